The van der Waals surface area contributed by atoms with Gasteiger partial charge in [-0.2, -0.15) is 13.2 Å². The zero-order valence-electron chi connectivity index (χ0n) is 19.3. The molecule has 184 valence electrons. The van der Waals surface area contributed by atoms with Crippen LogP contribution in [0.1, 0.15) is 29.8 Å². The number of rotatable bonds is 7. The van der Waals surface area contributed by atoms with Crippen LogP contribution >= 0.6 is 11.6 Å². The van der Waals surface area contributed by atoms with Crippen LogP contribution in [0.25, 0.3) is 0 Å². The molecular weight excluding hydrogens is 473 g/mol. The van der Waals surface area contributed by atoms with Gasteiger partial charge in [0.05, 0.1) is 6.42 Å². The molecule has 8 nitrogen and oxygen atoms in total. The molecule has 3 rings (SSSR count). The number of benzene rings is 1. The van der Waals surface area contributed by atoms with Crippen LogP contribution in [0.5, 0.6) is 0 Å². The number of aryl methyl sites for hydroxylation is 2. The molecule has 1 aromatic heterocycles. The number of carbonyl (C=O) groups is 2. The molecule has 2 amide bonds. The van der Waals surface area contributed by atoms with Crippen LogP contribution in [0.3, 0.4) is 0 Å². The topological polar surface area (TPSA) is 81.7 Å². The third-order valence-electron chi connectivity index (χ3n) is 5.28. The van der Waals surface area contributed by atoms with Crippen LogP contribution < -0.4 is 15.3 Å². The summed E-state index contributed by atoms with van der Waals surface area (Å²) in [4.78, 5) is 37.0. The second kappa shape index (κ2) is 10.1. The smallest absolute Gasteiger partial charge is 0.310 e. The van der Waals surface area contributed by atoms with Crippen LogP contribution in [0.2, 0.25) is 5.02 Å². The van der Waals surface area contributed by atoms with Crippen molar-refractivity contribution in [1.82, 2.24) is 20.3 Å². The standard InChI is InChI=1S/C22H26ClF3N6O2/c1-13-10-15(6-7-16(13)23)31(9-5-8-30(3)4)20(34)17-12-19(33)29-32(17)21-27-14(2)11-18(28-21)22(24,25)26/h6-7,10-11,17H,5,8-9,12H2,1-4H3,(H,29,33). The van der Waals surface area contributed by atoms with Crippen molar-refractivity contribution in [2.45, 2.75) is 38.9 Å². The lowest BCUT2D eigenvalue weighted by atomic mass is 10.1. The second-order valence-corrected chi connectivity index (χ2v) is 8.80. The number of anilines is 2. The van der Waals surface area contributed by atoms with Crippen LogP contribution in [0, 0.1) is 13.8 Å². The SMILES string of the molecule is Cc1cc(C(F)(F)F)nc(N2NC(=O)CC2C(=O)N(CCCN(C)C)c2ccc(Cl)c(C)c2)n1. The summed E-state index contributed by atoms with van der Waals surface area (Å²) in [5.74, 6) is -1.37. The van der Waals surface area contributed by atoms with Gasteiger partial charge >= 0.3 is 6.18 Å². The van der Waals surface area contributed by atoms with Gasteiger partial charge in [-0.05, 0) is 70.7 Å². The fourth-order valence-electron chi connectivity index (χ4n) is 3.61. The maximum absolute atomic E-state index is 13.7. The van der Waals surface area contributed by atoms with Gasteiger partial charge in [0.2, 0.25) is 11.9 Å². The number of hydrogen-bond donors (Lipinski definition) is 1. The van der Waals surface area contributed by atoms with E-state index in [4.69, 9.17) is 11.6 Å². The molecule has 0 radical (unpaired) electrons. The van der Waals surface area contributed by atoms with Gasteiger partial charge in [-0.3, -0.25) is 15.0 Å². The van der Waals surface area contributed by atoms with Gasteiger partial charge in [0.25, 0.3) is 5.91 Å². The van der Waals surface area contributed by atoms with E-state index in [9.17, 15) is 22.8 Å². The molecule has 12 heteroatoms. The summed E-state index contributed by atoms with van der Waals surface area (Å²) >= 11 is 6.15. The van der Waals surface area contributed by atoms with Crippen molar-refractivity contribution in [2.24, 2.45) is 0 Å². The van der Waals surface area contributed by atoms with Gasteiger partial charge in [0.15, 0.2) is 0 Å². The van der Waals surface area contributed by atoms with Gasteiger partial charge in [0, 0.05) is 22.9 Å². The molecule has 1 fully saturated rings. The molecule has 1 unspecified atom stereocenters. The first kappa shape index (κ1) is 25.7. The largest absolute Gasteiger partial charge is 0.433 e. The van der Waals surface area contributed by atoms with E-state index in [0.717, 1.165) is 16.6 Å². The van der Waals surface area contributed by atoms with Gasteiger partial charge in [-0.25, -0.2) is 15.0 Å². The third kappa shape index (κ3) is 5.95. The number of nitrogens with zero attached hydrogens (tertiary/aromatic N) is 5. The highest BCUT2D eigenvalue weighted by Gasteiger charge is 2.41. The van der Waals surface area contributed by atoms with E-state index >= 15 is 0 Å². The summed E-state index contributed by atoms with van der Waals surface area (Å²) in [6.07, 6.45) is -4.31. The Kier molecular flexibility index (Phi) is 7.67. The molecule has 1 aliphatic heterocycles. The summed E-state index contributed by atoms with van der Waals surface area (Å²) in [6.45, 7) is 4.23. The van der Waals surface area contributed by atoms with Crippen molar-refractivity contribution in [2.75, 3.05) is 37.1 Å². The Morgan fingerprint density at radius 3 is 2.53 bits per heavy atom. The number of hydrogen-bond acceptors (Lipinski definition) is 6. The summed E-state index contributed by atoms with van der Waals surface area (Å²) in [7, 11) is 3.82. The Morgan fingerprint density at radius 1 is 1.21 bits per heavy atom. The number of alkyl halides is 3. The molecule has 1 saturated heterocycles. The molecule has 2 heterocycles. The van der Waals surface area contributed by atoms with E-state index < -0.39 is 35.7 Å². The Hall–Kier alpha value is -2.92. The van der Waals surface area contributed by atoms with Crippen molar-refractivity contribution < 1.29 is 22.8 Å². The van der Waals surface area contributed by atoms with Gasteiger partial charge < -0.3 is 9.80 Å². The Bertz CT molecular complexity index is 1080. The first-order valence-corrected chi connectivity index (χ1v) is 11.0. The first-order valence-electron chi connectivity index (χ1n) is 10.6. The lowest BCUT2D eigenvalue weighted by Crippen LogP contribution is -2.50. The van der Waals surface area contributed by atoms with Gasteiger partial charge in [-0.1, -0.05) is 11.6 Å². The van der Waals surface area contributed by atoms with Crippen LogP contribution in [-0.4, -0.2) is 59.9 Å². The molecule has 0 bridgehead atoms. The fraction of sp³-hybridized carbons (Fsp3) is 0.455. The minimum Gasteiger partial charge on any atom is -0.310 e. The van der Waals surface area contributed by atoms with Crippen molar-refractivity contribution in [3.63, 3.8) is 0 Å². The lowest BCUT2D eigenvalue weighted by molar-refractivity contribution is -0.141. The van der Waals surface area contributed by atoms with Crippen LogP contribution in [0.15, 0.2) is 24.3 Å². The van der Waals surface area contributed by atoms with E-state index in [1.54, 1.807) is 25.1 Å². The monoisotopic (exact) mass is 498 g/mol. The molecule has 0 saturated carbocycles. The maximum Gasteiger partial charge on any atom is 0.433 e. The highest BCUT2D eigenvalue weighted by atomic mass is 35.5. The molecule has 1 aromatic carbocycles. The lowest BCUT2D eigenvalue weighted by Gasteiger charge is -2.30. The number of hydrazine groups is 1. The first-order chi connectivity index (χ1) is 15.9. The average molecular weight is 499 g/mol. The number of halogens is 4. The minimum absolute atomic E-state index is 0.0563. The molecular formula is C22H26ClF3N6O2. The summed E-state index contributed by atoms with van der Waals surface area (Å²) in [5, 5.41) is 1.56. The highest BCUT2D eigenvalue weighted by molar-refractivity contribution is 6.31. The third-order valence-corrected chi connectivity index (χ3v) is 5.70. The van der Waals surface area contributed by atoms with Crippen LogP contribution in [-0.2, 0) is 15.8 Å². The van der Waals surface area contributed by atoms with Gasteiger partial charge in [-0.15, -0.1) is 0 Å². The van der Waals surface area contributed by atoms with Crippen molar-refractivity contribution in [3.8, 4) is 0 Å². The van der Waals surface area contributed by atoms with Crippen molar-refractivity contribution >= 4 is 35.1 Å². The zero-order chi connectivity index (χ0) is 25.2. The van der Waals surface area contributed by atoms with E-state index in [0.29, 0.717) is 30.2 Å². The highest BCUT2D eigenvalue weighted by Crippen LogP contribution is 2.31. The van der Waals surface area contributed by atoms with E-state index in [2.05, 4.69) is 15.4 Å². The Morgan fingerprint density at radius 2 is 1.91 bits per heavy atom. The van der Waals surface area contributed by atoms with Crippen molar-refractivity contribution in [3.05, 3.63) is 46.2 Å². The normalized spacial score (nSPS) is 16.2. The predicted molar refractivity (Wildman–Crippen MR) is 123 cm³/mol. The van der Waals surface area contributed by atoms with Crippen molar-refractivity contribution in [1.29, 1.82) is 0 Å². The number of carbonyl (C=O) groups excluding carboxylic acids is 2. The quantitative estimate of drug-likeness (QED) is 0.630. The summed E-state index contributed by atoms with van der Waals surface area (Å²) in [5.41, 5.74) is 2.67. The van der Waals surface area contributed by atoms with E-state index in [1.165, 1.54) is 11.8 Å². The summed E-state index contributed by atoms with van der Waals surface area (Å²) < 4.78 is 39.9. The maximum atomic E-state index is 13.7. The zero-order valence-corrected chi connectivity index (χ0v) is 20.0. The summed E-state index contributed by atoms with van der Waals surface area (Å²) in [6, 6.07) is 4.82. The second-order valence-electron chi connectivity index (χ2n) is 8.40. The van der Waals surface area contributed by atoms with E-state index in [1.807, 2.05) is 19.0 Å². The molecule has 0 aliphatic carbocycles. The Balaban J connectivity index is 1.97. The molecule has 1 N–H and O–H groups in total. The van der Waals surface area contributed by atoms with Gasteiger partial charge in [0.1, 0.15) is 11.7 Å². The molecule has 2 aromatic rings. The minimum atomic E-state index is -4.70. The van der Waals surface area contributed by atoms with Crippen LogP contribution in [0.4, 0.5) is 24.8 Å². The Labute approximate surface area is 200 Å². The number of amides is 2. The molecule has 1 atom stereocenters. The predicted octanol–water partition coefficient (Wildman–Crippen LogP) is 3.36. The molecule has 1 aliphatic rings. The average Bonchev–Trinajstić information content (AvgIpc) is 3.13. The molecule has 0 spiro atoms. The number of aromatic nitrogens is 2. The van der Waals surface area contributed by atoms with E-state index in [-0.39, 0.29) is 12.1 Å². The number of nitrogens with one attached hydrogen (secondary N) is 1. The molecule has 34 heavy (non-hydrogen) atoms. The fourth-order valence-corrected chi connectivity index (χ4v) is 3.72.